The van der Waals surface area contributed by atoms with E-state index in [-0.39, 0.29) is 11.4 Å². The van der Waals surface area contributed by atoms with Gasteiger partial charge < -0.3 is 9.88 Å². The van der Waals surface area contributed by atoms with E-state index in [2.05, 4.69) is 53.9 Å². The first-order chi connectivity index (χ1) is 18.4. The molecule has 3 aromatic carbocycles. The van der Waals surface area contributed by atoms with Crippen LogP contribution >= 0.6 is 0 Å². The summed E-state index contributed by atoms with van der Waals surface area (Å²) in [5, 5.41) is 8.57. The number of hydrogen-bond donors (Lipinski definition) is 2. The van der Waals surface area contributed by atoms with Crippen LogP contribution in [-0.4, -0.2) is 32.7 Å². The van der Waals surface area contributed by atoms with Crippen LogP contribution in [0.1, 0.15) is 5.56 Å². The van der Waals surface area contributed by atoms with Gasteiger partial charge in [0, 0.05) is 67.8 Å². The van der Waals surface area contributed by atoms with Gasteiger partial charge in [-0.2, -0.15) is 5.10 Å². The minimum atomic E-state index is -3.81. The zero-order valence-electron chi connectivity index (χ0n) is 20.8. The van der Waals surface area contributed by atoms with Crippen LogP contribution in [0, 0.1) is 0 Å². The van der Waals surface area contributed by atoms with Crippen molar-refractivity contribution < 1.29 is 8.42 Å². The summed E-state index contributed by atoms with van der Waals surface area (Å²) < 4.78 is 32.9. The maximum Gasteiger partial charge on any atom is 0.242 e. The van der Waals surface area contributed by atoms with Crippen LogP contribution in [0.2, 0.25) is 0 Å². The summed E-state index contributed by atoms with van der Waals surface area (Å²) in [6, 6.07) is 19.0. The number of anilines is 2. The maximum absolute atomic E-state index is 13.3. The summed E-state index contributed by atoms with van der Waals surface area (Å²) in [6.45, 7) is 0.141. The number of para-hydroxylation sites is 1. The van der Waals surface area contributed by atoms with Crippen molar-refractivity contribution in [1.82, 2.24) is 29.0 Å². The number of hydrogen-bond acceptors (Lipinski definition) is 6. The van der Waals surface area contributed by atoms with Gasteiger partial charge in [0.15, 0.2) is 0 Å². The van der Waals surface area contributed by atoms with Crippen molar-refractivity contribution in [2.45, 2.75) is 11.4 Å². The highest BCUT2D eigenvalue weighted by molar-refractivity contribution is 7.89. The van der Waals surface area contributed by atoms with Crippen molar-refractivity contribution >= 4 is 43.3 Å². The highest BCUT2D eigenvalue weighted by Gasteiger charge is 2.19. The van der Waals surface area contributed by atoms with E-state index in [4.69, 9.17) is 0 Å². The Labute approximate surface area is 219 Å². The summed E-state index contributed by atoms with van der Waals surface area (Å²) in [6.07, 6.45) is 8.77. The van der Waals surface area contributed by atoms with E-state index < -0.39 is 10.0 Å². The smallest absolute Gasteiger partial charge is 0.242 e. The molecule has 190 valence electrons. The van der Waals surface area contributed by atoms with Gasteiger partial charge in [-0.15, -0.1) is 0 Å². The molecule has 0 amide bonds. The lowest BCUT2D eigenvalue weighted by atomic mass is 10.0. The molecule has 0 saturated carbocycles. The Kier molecular flexibility index (Phi) is 5.90. The molecule has 0 atom stereocenters. The predicted octanol–water partition coefficient (Wildman–Crippen LogP) is 4.74. The highest BCUT2D eigenvalue weighted by Crippen LogP contribution is 2.34. The lowest BCUT2D eigenvalue weighted by Crippen LogP contribution is -2.23. The second-order valence-corrected chi connectivity index (χ2v) is 10.9. The van der Waals surface area contributed by atoms with Crippen LogP contribution in [0.3, 0.4) is 0 Å². The zero-order chi connectivity index (χ0) is 26.3. The first-order valence-corrected chi connectivity index (χ1v) is 13.5. The molecule has 0 unspecified atom stereocenters. The van der Waals surface area contributed by atoms with Gasteiger partial charge in [0.1, 0.15) is 4.90 Å². The van der Waals surface area contributed by atoms with Crippen LogP contribution in [0.5, 0.6) is 0 Å². The molecule has 6 rings (SSSR count). The molecule has 0 aliphatic rings. The Morgan fingerprint density at radius 1 is 0.947 bits per heavy atom. The summed E-state index contributed by atoms with van der Waals surface area (Å²) in [7, 11) is -0.00307. The van der Waals surface area contributed by atoms with E-state index in [9.17, 15) is 8.42 Å². The first kappa shape index (κ1) is 23.8. The average molecular weight is 524 g/mol. The van der Waals surface area contributed by atoms with Crippen molar-refractivity contribution in [1.29, 1.82) is 0 Å². The van der Waals surface area contributed by atoms with E-state index >= 15 is 0 Å². The van der Waals surface area contributed by atoms with Gasteiger partial charge in [-0.05, 0) is 47.3 Å². The fourth-order valence-electron chi connectivity index (χ4n) is 4.58. The van der Waals surface area contributed by atoms with Gasteiger partial charge in [-0.3, -0.25) is 14.6 Å². The van der Waals surface area contributed by atoms with Gasteiger partial charge in [0.05, 0.1) is 22.9 Å². The second-order valence-electron chi connectivity index (χ2n) is 9.12. The molecule has 6 aromatic rings. The van der Waals surface area contributed by atoms with Gasteiger partial charge in [0.2, 0.25) is 10.0 Å². The fraction of sp³-hybridized carbons (Fsp3) is 0.107. The lowest BCUT2D eigenvalue weighted by Gasteiger charge is -2.15. The molecular formula is C28H25N7O2S. The Morgan fingerprint density at radius 2 is 1.79 bits per heavy atom. The maximum atomic E-state index is 13.3. The van der Waals surface area contributed by atoms with Crippen LogP contribution < -0.4 is 10.0 Å². The van der Waals surface area contributed by atoms with Crippen molar-refractivity contribution in [3.8, 4) is 11.1 Å². The monoisotopic (exact) mass is 523 g/mol. The third-order valence-corrected chi connectivity index (χ3v) is 7.91. The Bertz CT molecular complexity index is 1910. The molecule has 10 heteroatoms. The van der Waals surface area contributed by atoms with Gasteiger partial charge >= 0.3 is 0 Å². The fourth-order valence-corrected chi connectivity index (χ4v) is 5.75. The highest BCUT2D eigenvalue weighted by atomic mass is 32.2. The van der Waals surface area contributed by atoms with Gasteiger partial charge in [-0.25, -0.2) is 13.1 Å². The molecule has 0 bridgehead atoms. The number of aromatic nitrogens is 5. The van der Waals surface area contributed by atoms with Crippen LogP contribution in [0.4, 0.5) is 11.4 Å². The van der Waals surface area contributed by atoms with Gasteiger partial charge in [0.25, 0.3) is 0 Å². The number of fused-ring (bicyclic) bond motifs is 2. The van der Waals surface area contributed by atoms with Crippen LogP contribution in [-0.2, 0) is 30.7 Å². The molecule has 2 N–H and O–H groups in total. The quantitative estimate of drug-likeness (QED) is 0.313. The molecule has 0 aliphatic carbocycles. The molecule has 0 radical (unpaired) electrons. The van der Waals surface area contributed by atoms with Crippen LogP contribution in [0.15, 0.2) is 96.5 Å². The van der Waals surface area contributed by atoms with Crippen molar-refractivity contribution in [3.63, 3.8) is 0 Å². The molecule has 38 heavy (non-hydrogen) atoms. The van der Waals surface area contributed by atoms with E-state index in [1.807, 2.05) is 25.4 Å². The van der Waals surface area contributed by atoms with Crippen molar-refractivity contribution in [2.75, 3.05) is 5.32 Å². The number of nitrogens with zero attached hydrogens (tertiary/aromatic N) is 5. The van der Waals surface area contributed by atoms with Crippen molar-refractivity contribution in [3.05, 3.63) is 97.2 Å². The Morgan fingerprint density at radius 3 is 2.63 bits per heavy atom. The molecular weight excluding hydrogens is 498 g/mol. The number of aryl methyl sites for hydroxylation is 2. The molecule has 0 spiro atoms. The molecule has 0 saturated heterocycles. The number of sulfonamides is 1. The second kappa shape index (κ2) is 9.40. The third kappa shape index (κ3) is 4.51. The third-order valence-electron chi connectivity index (χ3n) is 6.45. The Balaban J connectivity index is 1.39. The molecule has 9 nitrogen and oxygen atoms in total. The molecule has 3 heterocycles. The summed E-state index contributed by atoms with van der Waals surface area (Å²) in [5.74, 6) is 0. The van der Waals surface area contributed by atoms with E-state index in [1.165, 1.54) is 0 Å². The molecule has 0 aliphatic heterocycles. The largest absolute Gasteiger partial charge is 0.354 e. The summed E-state index contributed by atoms with van der Waals surface area (Å²) >= 11 is 0. The van der Waals surface area contributed by atoms with Crippen LogP contribution in [0.25, 0.3) is 33.1 Å². The number of rotatable bonds is 7. The van der Waals surface area contributed by atoms with E-state index in [0.29, 0.717) is 16.9 Å². The predicted molar refractivity (Wildman–Crippen MR) is 148 cm³/mol. The summed E-state index contributed by atoms with van der Waals surface area (Å²) in [4.78, 5) is 9.28. The topological polar surface area (TPSA) is 107 Å². The van der Waals surface area contributed by atoms with E-state index in [1.54, 1.807) is 60.8 Å². The molecule has 0 fully saturated rings. The zero-order valence-corrected chi connectivity index (χ0v) is 21.6. The minimum absolute atomic E-state index is 0.141. The molecule has 3 aromatic heterocycles. The lowest BCUT2D eigenvalue weighted by molar-refractivity contribution is 0.581. The number of benzene rings is 3. The van der Waals surface area contributed by atoms with Gasteiger partial charge in [-0.1, -0.05) is 24.3 Å². The van der Waals surface area contributed by atoms with E-state index in [0.717, 1.165) is 33.1 Å². The first-order valence-electron chi connectivity index (χ1n) is 12.0. The van der Waals surface area contributed by atoms with Crippen molar-refractivity contribution in [2.24, 2.45) is 14.1 Å². The SMILES string of the molecule is Cn1cc(CNS(=O)(=O)c2ccccc2Nc2cc(-c3ccc4ccn(C)c4c3)c3nccnc3c2)cn1. The Hall–Kier alpha value is -4.54. The minimum Gasteiger partial charge on any atom is -0.354 e. The average Bonchev–Trinajstić information content (AvgIpc) is 3.52. The summed E-state index contributed by atoms with van der Waals surface area (Å²) in [5.41, 5.74) is 6.40. The number of nitrogens with one attached hydrogen (secondary N) is 2. The standard InChI is InChI=1S/C28H25N7O2S/c1-34-12-9-20-7-8-21(13-26(20)34)23-14-22(15-25-28(23)30-11-10-29-25)33-24-5-3-4-6-27(24)38(36,37)32-17-19-16-31-35(2)18-19/h3-16,18,32-33H,17H2,1-2H3. The normalized spacial score (nSPS) is 11.8.